The standard InChI is InChI=1S/C21H42O5.C12H13N3O2/c1-2-3-4-11-14-19(24)15-12-9-7-5-6-8-10-13-16-21(25)26-20(17-22)18-23;16-9-7-8(13-1-2-13)12(17)11(15-5-6-15)10(9)14-3-4-14/h19-20,22-24H,2-18H2,1H3;7H,1-6H2. The van der Waals surface area contributed by atoms with Crippen molar-refractivity contribution in [3.63, 3.8) is 0 Å². The number of unbranched alkanes of at least 4 members (excludes halogenated alkanes) is 10. The van der Waals surface area contributed by atoms with Crippen LogP contribution >= 0.6 is 0 Å². The van der Waals surface area contributed by atoms with Gasteiger partial charge in [0.25, 0.3) is 0 Å². The summed E-state index contributed by atoms with van der Waals surface area (Å²) in [4.78, 5) is 41.9. The number of ketones is 2. The summed E-state index contributed by atoms with van der Waals surface area (Å²) in [7, 11) is 0. The monoisotopic (exact) mass is 605 g/mol. The molecule has 3 saturated heterocycles. The summed E-state index contributed by atoms with van der Waals surface area (Å²) in [5, 5.41) is 27.6. The molecule has 1 unspecified atom stereocenters. The van der Waals surface area contributed by atoms with Gasteiger partial charge < -0.3 is 34.8 Å². The quantitative estimate of drug-likeness (QED) is 0.0732. The Kier molecular flexibility index (Phi) is 15.5. The number of aliphatic hydroxyl groups excluding tert-OH is 3. The third-order valence-electron chi connectivity index (χ3n) is 8.25. The van der Waals surface area contributed by atoms with E-state index in [0.717, 1.165) is 84.2 Å². The molecular weight excluding hydrogens is 550 g/mol. The largest absolute Gasteiger partial charge is 0.457 e. The van der Waals surface area contributed by atoms with Crippen molar-refractivity contribution in [2.45, 2.75) is 115 Å². The Morgan fingerprint density at radius 3 is 1.74 bits per heavy atom. The fraction of sp³-hybridized carbons (Fsp3) is 0.788. The number of esters is 1. The van der Waals surface area contributed by atoms with Crippen LogP contribution < -0.4 is 0 Å². The van der Waals surface area contributed by atoms with E-state index in [0.29, 0.717) is 23.5 Å². The maximum Gasteiger partial charge on any atom is 0.306 e. The van der Waals surface area contributed by atoms with Crippen LogP contribution in [0.1, 0.15) is 103 Å². The Morgan fingerprint density at radius 1 is 0.744 bits per heavy atom. The van der Waals surface area contributed by atoms with Gasteiger partial charge in [0.1, 0.15) is 17.5 Å². The minimum Gasteiger partial charge on any atom is -0.457 e. The molecule has 3 heterocycles. The van der Waals surface area contributed by atoms with Gasteiger partial charge in [-0.05, 0) is 19.3 Å². The molecule has 1 aliphatic carbocycles. The van der Waals surface area contributed by atoms with Gasteiger partial charge >= 0.3 is 5.97 Å². The summed E-state index contributed by atoms with van der Waals surface area (Å²) >= 11 is 0. The molecule has 3 N–H and O–H groups in total. The van der Waals surface area contributed by atoms with E-state index in [2.05, 4.69) is 6.92 Å². The second-order valence-corrected chi connectivity index (χ2v) is 12.2. The highest BCUT2D eigenvalue weighted by molar-refractivity contribution is 6.22. The zero-order valence-electron chi connectivity index (χ0n) is 26.3. The number of carbonyl (C=O) groups excluding carboxylic acids is 3. The molecule has 0 spiro atoms. The summed E-state index contributed by atoms with van der Waals surface area (Å²) in [6, 6.07) is 0. The third kappa shape index (κ3) is 13.0. The van der Waals surface area contributed by atoms with Crippen molar-refractivity contribution >= 4 is 17.5 Å². The van der Waals surface area contributed by atoms with E-state index >= 15 is 0 Å². The van der Waals surface area contributed by atoms with Crippen molar-refractivity contribution in [3.8, 4) is 0 Å². The van der Waals surface area contributed by atoms with Crippen molar-refractivity contribution in [2.75, 3.05) is 52.5 Å². The summed E-state index contributed by atoms with van der Waals surface area (Å²) in [5.41, 5.74) is 1.89. The summed E-state index contributed by atoms with van der Waals surface area (Å²) in [6.07, 6.45) is 16.7. The molecule has 1 atom stereocenters. The van der Waals surface area contributed by atoms with Gasteiger partial charge in [-0.25, -0.2) is 0 Å². The van der Waals surface area contributed by atoms with Crippen molar-refractivity contribution in [1.29, 1.82) is 0 Å². The fourth-order valence-electron chi connectivity index (χ4n) is 5.31. The number of Topliss-reactive ketones (excluding diaryl/α,β-unsaturated/α-hetero) is 1. The summed E-state index contributed by atoms with van der Waals surface area (Å²) < 4.78 is 4.92. The Labute approximate surface area is 257 Å². The van der Waals surface area contributed by atoms with E-state index < -0.39 is 6.10 Å². The zero-order valence-corrected chi connectivity index (χ0v) is 26.3. The van der Waals surface area contributed by atoms with Crippen LogP contribution in [0.15, 0.2) is 23.2 Å². The second-order valence-electron chi connectivity index (χ2n) is 12.2. The number of carbonyl (C=O) groups is 3. The number of nitrogens with zero attached hydrogens (tertiary/aromatic N) is 3. The van der Waals surface area contributed by atoms with Gasteiger partial charge in [0, 0.05) is 51.8 Å². The normalized spacial score (nSPS) is 18.1. The van der Waals surface area contributed by atoms with E-state index in [1.54, 1.807) is 0 Å². The molecular formula is C33H55N3O7. The first-order chi connectivity index (χ1) is 20.9. The van der Waals surface area contributed by atoms with Crippen molar-refractivity contribution in [2.24, 2.45) is 0 Å². The molecule has 3 aliphatic heterocycles. The molecule has 244 valence electrons. The maximum absolute atomic E-state index is 12.4. The summed E-state index contributed by atoms with van der Waals surface area (Å²) in [5.74, 6) is -0.293. The van der Waals surface area contributed by atoms with Crippen LogP contribution in [0.3, 0.4) is 0 Å². The molecule has 0 aromatic rings. The highest BCUT2D eigenvalue weighted by Gasteiger charge is 2.43. The molecule has 0 aromatic heterocycles. The Balaban J connectivity index is 0.000000252. The first-order valence-corrected chi connectivity index (χ1v) is 16.8. The average molecular weight is 606 g/mol. The van der Waals surface area contributed by atoms with Gasteiger partial charge in [-0.15, -0.1) is 0 Å². The minimum absolute atomic E-state index is 0.00546. The van der Waals surface area contributed by atoms with Gasteiger partial charge in [-0.2, -0.15) is 0 Å². The molecule has 4 aliphatic rings. The predicted molar refractivity (Wildman–Crippen MR) is 165 cm³/mol. The van der Waals surface area contributed by atoms with E-state index in [-0.39, 0.29) is 36.9 Å². The molecule has 0 radical (unpaired) electrons. The van der Waals surface area contributed by atoms with Gasteiger partial charge in [0.15, 0.2) is 0 Å². The number of rotatable bonds is 22. The zero-order chi connectivity index (χ0) is 31.0. The highest BCUT2D eigenvalue weighted by atomic mass is 16.6. The maximum atomic E-state index is 12.4. The van der Waals surface area contributed by atoms with Crippen LogP contribution in [0.5, 0.6) is 0 Å². The highest BCUT2D eigenvalue weighted by Crippen LogP contribution is 2.34. The average Bonchev–Trinajstić information content (AvgIpc) is 3.83. The molecule has 0 saturated carbocycles. The van der Waals surface area contributed by atoms with Crippen LogP contribution in [-0.2, 0) is 19.1 Å². The number of aliphatic hydroxyl groups is 3. The van der Waals surface area contributed by atoms with Crippen LogP contribution in [0.4, 0.5) is 0 Å². The molecule has 0 aromatic carbocycles. The number of hydrogen-bond acceptors (Lipinski definition) is 10. The lowest BCUT2D eigenvalue weighted by Gasteiger charge is -2.21. The molecule has 0 bridgehead atoms. The van der Waals surface area contributed by atoms with E-state index in [9.17, 15) is 19.5 Å². The van der Waals surface area contributed by atoms with Gasteiger partial charge in [-0.3, -0.25) is 14.4 Å². The molecule has 10 nitrogen and oxygen atoms in total. The number of hydrogen-bond donors (Lipinski definition) is 3. The lowest BCUT2D eigenvalue weighted by atomic mass is 10.0. The van der Waals surface area contributed by atoms with E-state index in [4.69, 9.17) is 14.9 Å². The lowest BCUT2D eigenvalue weighted by Crippen LogP contribution is -2.29. The topological polar surface area (TPSA) is 130 Å². The fourth-order valence-corrected chi connectivity index (χ4v) is 5.31. The summed E-state index contributed by atoms with van der Waals surface area (Å²) in [6.45, 7) is 6.94. The predicted octanol–water partition coefficient (Wildman–Crippen LogP) is 3.30. The van der Waals surface area contributed by atoms with E-state index in [1.807, 2.05) is 14.7 Å². The van der Waals surface area contributed by atoms with Gasteiger partial charge in [-0.1, -0.05) is 77.6 Å². The first kappa shape index (κ1) is 35.1. The molecule has 4 rings (SSSR count). The van der Waals surface area contributed by atoms with Gasteiger partial charge in [0.05, 0.1) is 25.0 Å². The lowest BCUT2D eigenvalue weighted by molar-refractivity contribution is -0.153. The smallest absolute Gasteiger partial charge is 0.306 e. The minimum atomic E-state index is -0.780. The van der Waals surface area contributed by atoms with Gasteiger partial charge in [0.2, 0.25) is 11.6 Å². The van der Waals surface area contributed by atoms with Crippen LogP contribution in [-0.4, -0.2) is 112 Å². The molecule has 0 amide bonds. The van der Waals surface area contributed by atoms with Crippen molar-refractivity contribution in [1.82, 2.24) is 14.7 Å². The van der Waals surface area contributed by atoms with Crippen molar-refractivity contribution in [3.05, 3.63) is 23.2 Å². The van der Waals surface area contributed by atoms with Crippen LogP contribution in [0.2, 0.25) is 0 Å². The second kappa shape index (κ2) is 19.1. The first-order valence-electron chi connectivity index (χ1n) is 16.8. The Morgan fingerprint density at radius 2 is 1.23 bits per heavy atom. The van der Waals surface area contributed by atoms with Crippen LogP contribution in [0.25, 0.3) is 0 Å². The molecule has 10 heteroatoms. The molecule has 43 heavy (non-hydrogen) atoms. The Hall–Kier alpha value is -2.43. The SMILES string of the molecule is CCCCCCC(O)CCCCCCCCCCC(=O)OC(CO)CO.O=C1C=C(N2CC2)C(=O)C(N2CC2)=C1N1CC1. The van der Waals surface area contributed by atoms with Crippen LogP contribution in [0, 0.1) is 0 Å². The number of allylic oxidation sites excluding steroid dienone is 1. The molecule has 3 fully saturated rings. The number of ether oxygens (including phenoxy) is 1. The van der Waals surface area contributed by atoms with Crippen molar-refractivity contribution < 1.29 is 34.4 Å². The van der Waals surface area contributed by atoms with E-state index in [1.165, 1.54) is 51.0 Å². The third-order valence-corrected chi connectivity index (χ3v) is 8.25. The Bertz CT molecular complexity index is 950.